The van der Waals surface area contributed by atoms with E-state index in [-0.39, 0.29) is 6.04 Å². The minimum atomic E-state index is -2.82. The van der Waals surface area contributed by atoms with E-state index in [2.05, 4.69) is 11.4 Å². The van der Waals surface area contributed by atoms with Crippen molar-refractivity contribution in [3.05, 3.63) is 29.8 Å². The van der Waals surface area contributed by atoms with Gasteiger partial charge in [0.25, 0.3) is 0 Å². The summed E-state index contributed by atoms with van der Waals surface area (Å²) in [5, 5.41) is 3.53. The maximum Gasteiger partial charge on any atom is 0.151 e. The Kier molecular flexibility index (Phi) is 4.22. The van der Waals surface area contributed by atoms with Crippen LogP contribution in [0.2, 0.25) is 0 Å². The van der Waals surface area contributed by atoms with Crippen LogP contribution in [-0.4, -0.2) is 39.1 Å². The number of hydrogen-bond acceptors (Lipinski definition) is 4. The number of methoxy groups -OCH3 is 1. The Labute approximate surface area is 126 Å². The van der Waals surface area contributed by atoms with Crippen molar-refractivity contribution in [2.75, 3.05) is 18.6 Å². The third-order valence-corrected chi connectivity index (χ3v) is 6.47. The van der Waals surface area contributed by atoms with Crippen LogP contribution in [0.3, 0.4) is 0 Å². The van der Waals surface area contributed by atoms with Gasteiger partial charge in [-0.15, -0.1) is 0 Å². The summed E-state index contributed by atoms with van der Waals surface area (Å²) in [5.41, 5.74) is 1.27. The van der Waals surface area contributed by atoms with Crippen molar-refractivity contribution in [3.63, 3.8) is 0 Å². The molecule has 0 amide bonds. The minimum absolute atomic E-state index is 0.146. The van der Waals surface area contributed by atoms with E-state index in [1.165, 1.54) is 5.56 Å². The summed E-state index contributed by atoms with van der Waals surface area (Å²) in [5.74, 6) is 2.16. The highest BCUT2D eigenvalue weighted by atomic mass is 32.2. The number of ether oxygens (including phenoxy) is 1. The lowest BCUT2D eigenvalue weighted by molar-refractivity contribution is 0.258. The van der Waals surface area contributed by atoms with Crippen LogP contribution in [0.25, 0.3) is 0 Å². The molecule has 0 spiro atoms. The Bertz CT molecular complexity index is 593. The second kappa shape index (κ2) is 5.97. The highest BCUT2D eigenvalue weighted by molar-refractivity contribution is 7.91. The summed E-state index contributed by atoms with van der Waals surface area (Å²) < 4.78 is 28.7. The number of para-hydroxylation sites is 1. The molecule has 1 aliphatic heterocycles. The average Bonchev–Trinajstić information content (AvgIpc) is 2.41. The first-order valence-corrected chi connectivity index (χ1v) is 9.49. The van der Waals surface area contributed by atoms with E-state index in [0.717, 1.165) is 31.4 Å². The van der Waals surface area contributed by atoms with E-state index in [1.54, 1.807) is 7.11 Å². The molecule has 1 saturated heterocycles. The highest BCUT2D eigenvalue weighted by Crippen LogP contribution is 2.41. The molecule has 21 heavy (non-hydrogen) atoms. The summed E-state index contributed by atoms with van der Waals surface area (Å²) in [6.45, 7) is 0. The quantitative estimate of drug-likeness (QED) is 0.925. The van der Waals surface area contributed by atoms with E-state index >= 15 is 0 Å². The van der Waals surface area contributed by atoms with Gasteiger partial charge in [-0.25, -0.2) is 8.42 Å². The molecule has 2 fully saturated rings. The minimum Gasteiger partial charge on any atom is -0.496 e. The molecule has 0 radical (unpaired) electrons. The lowest BCUT2D eigenvalue weighted by Crippen LogP contribution is -2.49. The second-order valence-electron chi connectivity index (χ2n) is 6.23. The molecule has 4 nitrogen and oxygen atoms in total. The predicted octanol–water partition coefficient (Wildman–Crippen LogP) is 2.11. The van der Waals surface area contributed by atoms with Crippen LogP contribution in [0.1, 0.15) is 37.2 Å². The zero-order chi connectivity index (χ0) is 14.9. The van der Waals surface area contributed by atoms with Gasteiger partial charge in [-0.1, -0.05) is 18.2 Å². The van der Waals surface area contributed by atoms with Crippen molar-refractivity contribution in [3.8, 4) is 5.75 Å². The van der Waals surface area contributed by atoms with Crippen LogP contribution < -0.4 is 10.1 Å². The molecule has 1 atom stereocenters. The van der Waals surface area contributed by atoms with Gasteiger partial charge in [0, 0.05) is 12.1 Å². The van der Waals surface area contributed by atoms with Gasteiger partial charge in [0.05, 0.1) is 18.6 Å². The van der Waals surface area contributed by atoms with Gasteiger partial charge in [0.1, 0.15) is 5.75 Å². The lowest BCUT2D eigenvalue weighted by atomic mass is 9.75. The number of nitrogens with one attached hydrogen (secondary N) is 1. The van der Waals surface area contributed by atoms with Crippen LogP contribution in [-0.2, 0) is 9.84 Å². The third-order valence-electron chi connectivity index (χ3n) is 4.65. The molecule has 1 aromatic rings. The van der Waals surface area contributed by atoms with Crippen LogP contribution in [0.5, 0.6) is 5.75 Å². The maximum absolute atomic E-state index is 11.7. The molecular weight excluding hydrogens is 286 g/mol. The zero-order valence-corrected chi connectivity index (χ0v) is 13.2. The first kappa shape index (κ1) is 14.9. The van der Waals surface area contributed by atoms with Crippen LogP contribution in [0, 0.1) is 0 Å². The Balaban J connectivity index is 1.54. The van der Waals surface area contributed by atoms with Crippen molar-refractivity contribution in [1.82, 2.24) is 5.32 Å². The number of rotatable bonds is 4. The van der Waals surface area contributed by atoms with Crippen LogP contribution in [0.4, 0.5) is 0 Å². The normalized spacial score (nSPS) is 31.4. The largest absolute Gasteiger partial charge is 0.496 e. The van der Waals surface area contributed by atoms with Crippen LogP contribution in [0.15, 0.2) is 24.3 Å². The summed E-state index contributed by atoms with van der Waals surface area (Å²) >= 11 is 0. The number of hydrogen-bond donors (Lipinski definition) is 1. The molecule has 1 N–H and O–H groups in total. The van der Waals surface area contributed by atoms with Crippen molar-refractivity contribution < 1.29 is 13.2 Å². The van der Waals surface area contributed by atoms with Crippen molar-refractivity contribution in [2.45, 2.75) is 43.7 Å². The molecule has 3 rings (SSSR count). The number of benzene rings is 1. The van der Waals surface area contributed by atoms with Gasteiger partial charge in [0.15, 0.2) is 9.84 Å². The Morgan fingerprint density at radius 1 is 1.19 bits per heavy atom. The van der Waals surface area contributed by atoms with E-state index in [1.807, 2.05) is 18.2 Å². The molecular formula is C16H23NO3S. The summed E-state index contributed by atoms with van der Waals surface area (Å²) in [6, 6.07) is 8.76. The predicted molar refractivity (Wildman–Crippen MR) is 83.6 cm³/mol. The molecule has 0 bridgehead atoms. The Hall–Kier alpha value is -1.07. The van der Waals surface area contributed by atoms with Gasteiger partial charge in [0.2, 0.25) is 0 Å². The Morgan fingerprint density at radius 3 is 2.67 bits per heavy atom. The first-order chi connectivity index (χ1) is 10.1. The molecule has 1 unspecified atom stereocenters. The topological polar surface area (TPSA) is 55.4 Å². The molecule has 0 aromatic heterocycles. The fourth-order valence-corrected chi connectivity index (χ4v) is 5.15. The van der Waals surface area contributed by atoms with Crippen molar-refractivity contribution >= 4 is 9.84 Å². The van der Waals surface area contributed by atoms with E-state index in [4.69, 9.17) is 4.74 Å². The highest BCUT2D eigenvalue weighted by Gasteiger charge is 2.35. The average molecular weight is 309 g/mol. The lowest BCUT2D eigenvalue weighted by Gasteiger charge is -2.40. The SMILES string of the molecule is COc1ccccc1C1CC(NC2CCCS(=O)(=O)C2)C1. The summed E-state index contributed by atoms with van der Waals surface area (Å²) in [6.07, 6.45) is 3.91. The van der Waals surface area contributed by atoms with E-state index < -0.39 is 9.84 Å². The zero-order valence-electron chi connectivity index (χ0n) is 12.4. The summed E-state index contributed by atoms with van der Waals surface area (Å²) in [7, 11) is -1.11. The molecule has 1 heterocycles. The third kappa shape index (κ3) is 3.40. The fourth-order valence-electron chi connectivity index (χ4n) is 3.50. The molecule has 2 aliphatic rings. The van der Waals surface area contributed by atoms with Gasteiger partial charge in [-0.3, -0.25) is 0 Å². The first-order valence-electron chi connectivity index (χ1n) is 7.67. The van der Waals surface area contributed by atoms with Gasteiger partial charge in [-0.05, 0) is 43.2 Å². The van der Waals surface area contributed by atoms with Crippen molar-refractivity contribution in [1.29, 1.82) is 0 Å². The van der Waals surface area contributed by atoms with E-state index in [9.17, 15) is 8.42 Å². The molecule has 1 aromatic carbocycles. The van der Waals surface area contributed by atoms with E-state index in [0.29, 0.717) is 23.5 Å². The standard InChI is InChI=1S/C16H23NO3S/c1-20-16-7-3-2-6-15(16)12-9-14(10-12)17-13-5-4-8-21(18,19)11-13/h2-3,6-7,12-14,17H,4-5,8-11H2,1H3. The van der Waals surface area contributed by atoms with Gasteiger partial charge in [-0.2, -0.15) is 0 Å². The monoisotopic (exact) mass is 309 g/mol. The summed E-state index contributed by atoms with van der Waals surface area (Å²) in [4.78, 5) is 0. The maximum atomic E-state index is 11.7. The fraction of sp³-hybridized carbons (Fsp3) is 0.625. The molecule has 116 valence electrons. The van der Waals surface area contributed by atoms with Gasteiger partial charge < -0.3 is 10.1 Å². The van der Waals surface area contributed by atoms with Crippen LogP contribution >= 0.6 is 0 Å². The number of sulfone groups is 1. The second-order valence-corrected chi connectivity index (χ2v) is 8.46. The molecule has 1 saturated carbocycles. The molecule has 5 heteroatoms. The Morgan fingerprint density at radius 2 is 1.95 bits per heavy atom. The molecule has 1 aliphatic carbocycles. The van der Waals surface area contributed by atoms with Crippen molar-refractivity contribution in [2.24, 2.45) is 0 Å². The van der Waals surface area contributed by atoms with Gasteiger partial charge >= 0.3 is 0 Å². The smallest absolute Gasteiger partial charge is 0.151 e.